The van der Waals surface area contributed by atoms with Crippen molar-refractivity contribution in [1.29, 1.82) is 0 Å². The van der Waals surface area contributed by atoms with Crippen molar-refractivity contribution in [2.75, 3.05) is 27.2 Å². The molecule has 0 aliphatic carbocycles. The van der Waals surface area contributed by atoms with Crippen molar-refractivity contribution in [3.8, 4) is 0 Å². The van der Waals surface area contributed by atoms with Crippen LogP contribution in [0.3, 0.4) is 0 Å². The number of ether oxygens (including phenoxy) is 1. The molecule has 1 aromatic rings. The van der Waals surface area contributed by atoms with Crippen molar-refractivity contribution in [2.45, 2.75) is 50.5 Å². The average molecular weight is 476 g/mol. The molecule has 1 aromatic carbocycles. The van der Waals surface area contributed by atoms with Crippen LogP contribution in [0.15, 0.2) is 29.3 Å². The molecule has 2 bridgehead atoms. The fourth-order valence-electron chi connectivity index (χ4n) is 3.74. The first-order valence-electron chi connectivity index (χ1n) is 9.19. The minimum absolute atomic E-state index is 0. The third kappa shape index (κ3) is 5.29. The first-order chi connectivity index (χ1) is 12.1. The SMILES string of the molecule is CCNC(=NCC(c1cccc(F)c1)N(C)C)NC1CC2CCC1O2.I. The summed E-state index contributed by atoms with van der Waals surface area (Å²) < 4.78 is 19.5. The standard InChI is InChI=1S/C19H29FN4O.HI/c1-4-21-19(23-16-11-15-8-9-18(16)25-15)22-12-17(24(2)3)13-6-5-7-14(20)10-13;/h5-7,10,15-18H,4,8-9,11-12H2,1-3H3,(H2,21,22,23);1H. The molecule has 7 heteroatoms. The number of likely N-dealkylation sites (N-methyl/N-ethyl adjacent to an activating group) is 1. The second-order valence-electron chi connectivity index (χ2n) is 7.11. The molecular weight excluding hydrogens is 446 g/mol. The van der Waals surface area contributed by atoms with Gasteiger partial charge in [0.05, 0.1) is 30.8 Å². The third-order valence-corrected chi connectivity index (χ3v) is 5.05. The maximum Gasteiger partial charge on any atom is 0.191 e. The van der Waals surface area contributed by atoms with Crippen LogP contribution in [0.25, 0.3) is 0 Å². The molecule has 2 aliphatic heterocycles. The molecule has 3 rings (SSSR count). The van der Waals surface area contributed by atoms with Gasteiger partial charge in [-0.15, -0.1) is 24.0 Å². The zero-order valence-corrected chi connectivity index (χ0v) is 18.1. The van der Waals surface area contributed by atoms with Crippen LogP contribution < -0.4 is 10.6 Å². The summed E-state index contributed by atoms with van der Waals surface area (Å²) >= 11 is 0. The van der Waals surface area contributed by atoms with Crippen LogP contribution in [0.5, 0.6) is 0 Å². The first-order valence-corrected chi connectivity index (χ1v) is 9.19. The number of benzene rings is 1. The number of nitrogens with one attached hydrogen (secondary N) is 2. The number of halogens is 2. The molecule has 2 heterocycles. The van der Waals surface area contributed by atoms with E-state index in [0.29, 0.717) is 24.8 Å². The quantitative estimate of drug-likeness (QED) is 0.377. The molecule has 0 saturated carbocycles. The van der Waals surface area contributed by atoms with Crippen molar-refractivity contribution in [1.82, 2.24) is 15.5 Å². The van der Waals surface area contributed by atoms with Crippen LogP contribution in [0.2, 0.25) is 0 Å². The smallest absolute Gasteiger partial charge is 0.191 e. The molecule has 4 unspecified atom stereocenters. The fourth-order valence-corrected chi connectivity index (χ4v) is 3.74. The fraction of sp³-hybridized carbons (Fsp3) is 0.632. The molecule has 2 aliphatic rings. The van der Waals surface area contributed by atoms with Gasteiger partial charge >= 0.3 is 0 Å². The van der Waals surface area contributed by atoms with Gasteiger partial charge in [-0.25, -0.2) is 4.39 Å². The Bertz CT molecular complexity index is 613. The number of nitrogens with zero attached hydrogens (tertiary/aromatic N) is 2. The number of aliphatic imine (C=N–C) groups is 1. The minimum Gasteiger partial charge on any atom is -0.373 e. The second kappa shape index (κ2) is 9.85. The van der Waals surface area contributed by atoms with Crippen molar-refractivity contribution >= 4 is 29.9 Å². The number of guanidine groups is 1. The van der Waals surface area contributed by atoms with E-state index in [1.54, 1.807) is 12.1 Å². The Morgan fingerprint density at radius 2 is 2.19 bits per heavy atom. The van der Waals surface area contributed by atoms with E-state index in [1.165, 1.54) is 12.5 Å². The van der Waals surface area contributed by atoms with E-state index >= 15 is 0 Å². The Hall–Kier alpha value is -0.930. The number of rotatable bonds is 6. The average Bonchev–Trinajstić information content (AvgIpc) is 3.18. The van der Waals surface area contributed by atoms with Crippen LogP contribution in [0.4, 0.5) is 4.39 Å². The summed E-state index contributed by atoms with van der Waals surface area (Å²) in [6.07, 6.45) is 4.08. The molecular formula is C19H30FIN4O. The van der Waals surface area contributed by atoms with E-state index in [4.69, 9.17) is 9.73 Å². The summed E-state index contributed by atoms with van der Waals surface area (Å²) in [7, 11) is 3.99. The lowest BCUT2D eigenvalue weighted by molar-refractivity contribution is 0.0992. The zero-order valence-electron chi connectivity index (χ0n) is 15.7. The van der Waals surface area contributed by atoms with E-state index in [-0.39, 0.29) is 35.8 Å². The molecule has 2 saturated heterocycles. The van der Waals surface area contributed by atoms with Crippen LogP contribution in [0, 0.1) is 5.82 Å². The Balaban J connectivity index is 0.00000243. The Morgan fingerprint density at radius 1 is 1.38 bits per heavy atom. The molecule has 2 fully saturated rings. The molecule has 26 heavy (non-hydrogen) atoms. The number of hydrogen-bond donors (Lipinski definition) is 2. The maximum absolute atomic E-state index is 13.6. The molecule has 0 radical (unpaired) electrons. The van der Waals surface area contributed by atoms with Crippen LogP contribution in [-0.4, -0.2) is 56.3 Å². The van der Waals surface area contributed by atoms with Gasteiger partial charge in [-0.1, -0.05) is 12.1 Å². The predicted octanol–water partition coefficient (Wildman–Crippen LogP) is 2.92. The van der Waals surface area contributed by atoms with Crippen LogP contribution in [-0.2, 0) is 4.74 Å². The predicted molar refractivity (Wildman–Crippen MR) is 114 cm³/mol. The second-order valence-corrected chi connectivity index (χ2v) is 7.11. The molecule has 2 N–H and O–H groups in total. The lowest BCUT2D eigenvalue weighted by Gasteiger charge is -2.25. The Labute approximate surface area is 172 Å². The van der Waals surface area contributed by atoms with Gasteiger partial charge in [-0.3, -0.25) is 4.99 Å². The first kappa shape index (κ1) is 21.4. The summed E-state index contributed by atoms with van der Waals surface area (Å²) in [5.41, 5.74) is 0.938. The molecule has 0 spiro atoms. The molecule has 0 amide bonds. The van der Waals surface area contributed by atoms with E-state index in [0.717, 1.165) is 30.9 Å². The minimum atomic E-state index is -0.211. The normalized spacial score (nSPS) is 25.9. The molecule has 5 nitrogen and oxygen atoms in total. The number of hydrogen-bond acceptors (Lipinski definition) is 3. The van der Waals surface area contributed by atoms with Gasteiger partial charge in [-0.05, 0) is 58.0 Å². The van der Waals surface area contributed by atoms with Crippen molar-refractivity contribution in [3.63, 3.8) is 0 Å². The highest BCUT2D eigenvalue weighted by Crippen LogP contribution is 2.34. The Morgan fingerprint density at radius 3 is 2.77 bits per heavy atom. The number of fused-ring (bicyclic) bond motifs is 2. The highest BCUT2D eigenvalue weighted by molar-refractivity contribution is 14.0. The van der Waals surface area contributed by atoms with E-state index < -0.39 is 0 Å². The third-order valence-electron chi connectivity index (χ3n) is 5.05. The summed E-state index contributed by atoms with van der Waals surface area (Å²) in [5.74, 6) is 0.601. The van der Waals surface area contributed by atoms with Gasteiger partial charge in [0.25, 0.3) is 0 Å². The van der Waals surface area contributed by atoms with E-state index in [2.05, 4.69) is 22.5 Å². The topological polar surface area (TPSA) is 48.9 Å². The summed E-state index contributed by atoms with van der Waals surface area (Å²) in [6, 6.07) is 7.13. The van der Waals surface area contributed by atoms with Gasteiger partial charge < -0.3 is 20.3 Å². The lowest BCUT2D eigenvalue weighted by Crippen LogP contribution is -2.47. The summed E-state index contributed by atoms with van der Waals surface area (Å²) in [6.45, 7) is 3.43. The van der Waals surface area contributed by atoms with Gasteiger partial charge in [-0.2, -0.15) is 0 Å². The van der Waals surface area contributed by atoms with Crippen LogP contribution >= 0.6 is 24.0 Å². The highest BCUT2D eigenvalue weighted by Gasteiger charge is 2.41. The monoisotopic (exact) mass is 476 g/mol. The van der Waals surface area contributed by atoms with Crippen molar-refractivity contribution in [3.05, 3.63) is 35.6 Å². The van der Waals surface area contributed by atoms with Gasteiger partial charge in [0.15, 0.2) is 5.96 Å². The Kier molecular flexibility index (Phi) is 8.09. The van der Waals surface area contributed by atoms with Crippen molar-refractivity contribution in [2.24, 2.45) is 4.99 Å². The van der Waals surface area contributed by atoms with E-state index in [9.17, 15) is 4.39 Å². The van der Waals surface area contributed by atoms with E-state index in [1.807, 2.05) is 20.2 Å². The maximum atomic E-state index is 13.6. The lowest BCUT2D eigenvalue weighted by atomic mass is 9.96. The van der Waals surface area contributed by atoms with Gasteiger partial charge in [0, 0.05) is 6.54 Å². The summed E-state index contributed by atoms with van der Waals surface area (Å²) in [5, 5.41) is 6.84. The van der Waals surface area contributed by atoms with Gasteiger partial charge in [0.2, 0.25) is 0 Å². The van der Waals surface area contributed by atoms with Crippen LogP contribution in [0.1, 0.15) is 37.8 Å². The molecule has 146 valence electrons. The highest BCUT2D eigenvalue weighted by atomic mass is 127. The summed E-state index contributed by atoms with van der Waals surface area (Å²) in [4.78, 5) is 6.83. The largest absolute Gasteiger partial charge is 0.373 e. The molecule has 4 atom stereocenters. The molecule has 0 aromatic heterocycles. The van der Waals surface area contributed by atoms with Gasteiger partial charge in [0.1, 0.15) is 5.82 Å². The zero-order chi connectivity index (χ0) is 17.8. The van der Waals surface area contributed by atoms with Crippen molar-refractivity contribution < 1.29 is 9.13 Å².